The van der Waals surface area contributed by atoms with Gasteiger partial charge in [-0.25, -0.2) is 0 Å². The van der Waals surface area contributed by atoms with E-state index >= 15 is 0 Å². The van der Waals surface area contributed by atoms with Crippen molar-refractivity contribution in [2.75, 3.05) is 20.3 Å². The number of carbonyl (C=O) groups excluding carboxylic acids is 1. The molecular weight excluding hydrogens is 336 g/mol. The van der Waals surface area contributed by atoms with Crippen molar-refractivity contribution in [1.29, 1.82) is 0 Å². The molecule has 0 aliphatic rings. The van der Waals surface area contributed by atoms with Crippen molar-refractivity contribution < 1.29 is 24.6 Å². The van der Waals surface area contributed by atoms with E-state index in [0.29, 0.717) is 6.54 Å². The minimum atomic E-state index is -1.23. The van der Waals surface area contributed by atoms with Crippen LogP contribution >= 0.6 is 0 Å². The third-order valence-electron chi connectivity index (χ3n) is 3.86. The van der Waals surface area contributed by atoms with Gasteiger partial charge < -0.3 is 25.1 Å². The Balaban J connectivity index is 2.53. The normalized spacial score (nSPS) is 15.4. The van der Waals surface area contributed by atoms with Gasteiger partial charge in [-0.15, -0.1) is 0 Å². The molecule has 1 aromatic rings. The fraction of sp³-hybridized carbons (Fsp3) is 0.579. The predicted molar refractivity (Wildman–Crippen MR) is 99.9 cm³/mol. The summed E-state index contributed by atoms with van der Waals surface area (Å²) in [5.41, 5.74) is 1.29. The van der Waals surface area contributed by atoms with Crippen LogP contribution in [0, 0.1) is 5.92 Å². The number of amides is 1. The van der Waals surface area contributed by atoms with E-state index in [1.54, 1.807) is 0 Å². The zero-order valence-electron chi connectivity index (χ0n) is 15.9. The summed E-state index contributed by atoms with van der Waals surface area (Å²) >= 11 is 0. The Morgan fingerprint density at radius 2 is 1.85 bits per heavy atom. The first-order valence-electron chi connectivity index (χ1n) is 8.76. The van der Waals surface area contributed by atoms with Gasteiger partial charge in [0.25, 0.3) is 5.91 Å². The Labute approximate surface area is 155 Å². The van der Waals surface area contributed by atoms with Crippen LogP contribution < -0.4 is 5.32 Å². The minimum absolute atomic E-state index is 0.00967. The first kappa shape index (κ1) is 22.1. The maximum absolute atomic E-state index is 11.8. The number of ether oxygens (including phenoxy) is 1. The van der Waals surface area contributed by atoms with Gasteiger partial charge in [0, 0.05) is 13.7 Å². The second kappa shape index (κ2) is 11.6. The van der Waals surface area contributed by atoms with Gasteiger partial charge in [-0.3, -0.25) is 4.79 Å². The molecule has 0 unspecified atom stereocenters. The number of aliphatic hydroxyl groups is 2. The number of hydrogen-bond acceptors (Lipinski definition) is 6. The molecule has 0 bridgehead atoms. The van der Waals surface area contributed by atoms with E-state index in [1.165, 1.54) is 14.0 Å². The largest absolute Gasteiger partial charge is 0.390 e. The van der Waals surface area contributed by atoms with Crippen molar-refractivity contribution >= 4 is 11.6 Å². The number of hydrogen-bond donors (Lipinski definition) is 3. The van der Waals surface area contributed by atoms with Crippen molar-refractivity contribution in [3.63, 3.8) is 0 Å². The molecular formula is C19H30N2O5. The number of carbonyl (C=O) groups is 1. The van der Waals surface area contributed by atoms with E-state index in [9.17, 15) is 15.0 Å². The van der Waals surface area contributed by atoms with Crippen LogP contribution in [0.3, 0.4) is 0 Å². The van der Waals surface area contributed by atoms with Gasteiger partial charge in [-0.05, 0) is 24.8 Å². The average molecular weight is 366 g/mol. The zero-order chi connectivity index (χ0) is 19.5. The van der Waals surface area contributed by atoms with Crippen LogP contribution in [0.25, 0.3) is 0 Å². The number of methoxy groups -OCH3 is 1. The monoisotopic (exact) mass is 366 g/mol. The molecule has 0 saturated heterocycles. The third-order valence-corrected chi connectivity index (χ3v) is 3.86. The van der Waals surface area contributed by atoms with E-state index in [4.69, 9.17) is 9.57 Å². The Morgan fingerprint density at radius 3 is 2.38 bits per heavy atom. The van der Waals surface area contributed by atoms with E-state index in [0.717, 1.165) is 12.0 Å². The Kier molecular flexibility index (Phi) is 9.87. The highest BCUT2D eigenvalue weighted by Crippen LogP contribution is 2.13. The summed E-state index contributed by atoms with van der Waals surface area (Å²) in [5.74, 6) is -0.301. The quantitative estimate of drug-likeness (QED) is 0.403. The van der Waals surface area contributed by atoms with E-state index in [-0.39, 0.29) is 24.1 Å². The van der Waals surface area contributed by atoms with Crippen molar-refractivity contribution in [2.45, 2.75) is 45.5 Å². The molecule has 3 N–H and O–H groups in total. The molecule has 0 aliphatic heterocycles. The minimum Gasteiger partial charge on any atom is -0.390 e. The number of oxime groups is 1. The molecule has 0 saturated carbocycles. The lowest BCUT2D eigenvalue weighted by molar-refractivity contribution is -0.125. The maximum atomic E-state index is 11.8. The molecule has 3 atom stereocenters. The molecule has 7 nitrogen and oxygen atoms in total. The highest BCUT2D eigenvalue weighted by atomic mass is 16.6. The molecule has 7 heteroatoms. The second-order valence-corrected chi connectivity index (χ2v) is 6.46. The summed E-state index contributed by atoms with van der Waals surface area (Å²) in [5, 5.41) is 26.4. The molecule has 0 aliphatic carbocycles. The van der Waals surface area contributed by atoms with Crippen LogP contribution in [0.5, 0.6) is 0 Å². The number of nitrogens with one attached hydrogen (secondary N) is 1. The lowest BCUT2D eigenvalue weighted by Gasteiger charge is -2.25. The van der Waals surface area contributed by atoms with Crippen molar-refractivity contribution in [1.82, 2.24) is 5.32 Å². The molecule has 26 heavy (non-hydrogen) atoms. The van der Waals surface area contributed by atoms with Crippen LogP contribution in [-0.4, -0.2) is 60.4 Å². The van der Waals surface area contributed by atoms with E-state index in [2.05, 4.69) is 10.5 Å². The van der Waals surface area contributed by atoms with Gasteiger partial charge in [0.1, 0.15) is 17.9 Å². The highest BCUT2D eigenvalue weighted by Gasteiger charge is 2.29. The first-order chi connectivity index (χ1) is 12.4. The second-order valence-electron chi connectivity index (χ2n) is 6.46. The molecule has 1 aromatic carbocycles. The summed E-state index contributed by atoms with van der Waals surface area (Å²) in [4.78, 5) is 16.9. The maximum Gasteiger partial charge on any atom is 0.260 e. The van der Waals surface area contributed by atoms with Crippen molar-refractivity contribution in [3.05, 3.63) is 35.9 Å². The number of nitrogens with zero attached hydrogens (tertiary/aromatic N) is 1. The summed E-state index contributed by atoms with van der Waals surface area (Å²) in [6, 6.07) is 9.83. The van der Waals surface area contributed by atoms with Crippen LogP contribution in [0.4, 0.5) is 0 Å². The number of rotatable bonds is 11. The van der Waals surface area contributed by atoms with Crippen molar-refractivity contribution in [3.8, 4) is 0 Å². The van der Waals surface area contributed by atoms with Gasteiger partial charge in [-0.1, -0.05) is 49.3 Å². The summed E-state index contributed by atoms with van der Waals surface area (Å²) in [7, 11) is 1.49. The molecule has 0 heterocycles. The van der Waals surface area contributed by atoms with Gasteiger partial charge in [0.15, 0.2) is 6.61 Å². The van der Waals surface area contributed by atoms with E-state index < -0.39 is 18.3 Å². The molecule has 0 radical (unpaired) electrons. The molecule has 0 fully saturated rings. The lowest BCUT2D eigenvalue weighted by atomic mass is 9.96. The molecule has 0 aromatic heterocycles. The highest BCUT2D eigenvalue weighted by molar-refractivity contribution is 5.93. The summed E-state index contributed by atoms with van der Waals surface area (Å²) in [6.07, 6.45) is -2.07. The average Bonchev–Trinajstić information content (AvgIpc) is 2.61. The van der Waals surface area contributed by atoms with Crippen molar-refractivity contribution in [2.24, 2.45) is 11.1 Å². The molecule has 1 amide bonds. The topological polar surface area (TPSA) is 100 Å². The Hall–Kier alpha value is -1.96. The van der Waals surface area contributed by atoms with Crippen LogP contribution in [0.1, 0.15) is 26.3 Å². The Bertz CT molecular complexity index is 560. The third kappa shape index (κ3) is 7.51. The van der Waals surface area contributed by atoms with Gasteiger partial charge in [0.05, 0.1) is 6.10 Å². The smallest absolute Gasteiger partial charge is 0.260 e. The molecule has 146 valence electrons. The predicted octanol–water partition coefficient (Wildman–Crippen LogP) is 1.13. The summed E-state index contributed by atoms with van der Waals surface area (Å²) in [6.45, 7) is 5.46. The van der Waals surface area contributed by atoms with Gasteiger partial charge >= 0.3 is 0 Å². The zero-order valence-corrected chi connectivity index (χ0v) is 15.9. The standard InChI is InChI=1S/C19H30N2O5/c1-13(2)19(25-4)17(18(24)14(3)22)21-26-12-16(23)20-11-10-15-8-6-5-7-9-15/h5-9,13-14,18-19,22,24H,10-12H2,1-4H3,(H,20,23)/b21-17+/t14-,18+,19+/m1/s1. The van der Waals surface area contributed by atoms with Crippen LogP contribution in [0.15, 0.2) is 35.5 Å². The van der Waals surface area contributed by atoms with E-state index in [1.807, 2.05) is 44.2 Å². The first-order valence-corrected chi connectivity index (χ1v) is 8.76. The molecule has 1 rings (SSSR count). The fourth-order valence-corrected chi connectivity index (χ4v) is 2.46. The Morgan fingerprint density at radius 1 is 1.19 bits per heavy atom. The van der Waals surface area contributed by atoms with Gasteiger partial charge in [0.2, 0.25) is 0 Å². The number of aliphatic hydroxyl groups excluding tert-OH is 2. The van der Waals surface area contributed by atoms with Crippen LogP contribution in [0.2, 0.25) is 0 Å². The number of benzene rings is 1. The summed E-state index contributed by atoms with van der Waals surface area (Å²) < 4.78 is 5.33. The van der Waals surface area contributed by atoms with Gasteiger partial charge in [-0.2, -0.15) is 0 Å². The molecule has 0 spiro atoms. The lowest BCUT2D eigenvalue weighted by Crippen LogP contribution is -2.43. The SMILES string of the molecule is CO[C@H](/C(=N/OCC(=O)NCCc1ccccc1)[C@@H](O)[C@@H](C)O)C(C)C. The fourth-order valence-electron chi connectivity index (χ4n) is 2.46. The van der Waals surface area contributed by atoms with Crippen LogP contribution in [-0.2, 0) is 20.8 Å².